The van der Waals surface area contributed by atoms with Crippen molar-refractivity contribution in [2.45, 2.75) is 64.7 Å². The van der Waals surface area contributed by atoms with E-state index in [9.17, 15) is 4.79 Å². The number of aromatic nitrogens is 2. The molecule has 1 aliphatic carbocycles. The van der Waals surface area contributed by atoms with Crippen LogP contribution >= 0.6 is 11.3 Å². The maximum absolute atomic E-state index is 12.5. The minimum Gasteiger partial charge on any atom is -0.343 e. The van der Waals surface area contributed by atoms with Crippen LogP contribution in [0.3, 0.4) is 0 Å². The van der Waals surface area contributed by atoms with Crippen molar-refractivity contribution < 1.29 is 4.79 Å². The molecule has 2 fully saturated rings. The van der Waals surface area contributed by atoms with Crippen molar-refractivity contribution in [2.24, 2.45) is 5.92 Å². The maximum atomic E-state index is 12.5. The van der Waals surface area contributed by atoms with Crippen LogP contribution in [0, 0.1) is 5.92 Å². The number of piperazine rings is 1. The number of carbonyl (C=O) groups is 1. The molecule has 134 valence electrons. The van der Waals surface area contributed by atoms with Crippen LogP contribution < -0.4 is 4.90 Å². The van der Waals surface area contributed by atoms with Crippen LogP contribution in [0.2, 0.25) is 0 Å². The van der Waals surface area contributed by atoms with Crippen LogP contribution in [0.4, 0.5) is 5.13 Å². The molecule has 5 nitrogen and oxygen atoms in total. The predicted molar refractivity (Wildman–Crippen MR) is 98.6 cm³/mol. The Balaban J connectivity index is 1.55. The average Bonchev–Trinajstić information content (AvgIpc) is 3.14. The molecule has 24 heavy (non-hydrogen) atoms. The molecular formula is C18H30N4OS. The monoisotopic (exact) mass is 350 g/mol. The molecule has 1 aliphatic heterocycles. The van der Waals surface area contributed by atoms with Gasteiger partial charge < -0.3 is 9.80 Å². The second-order valence-corrected chi connectivity index (χ2v) is 8.07. The van der Waals surface area contributed by atoms with Crippen molar-refractivity contribution in [3.05, 3.63) is 5.01 Å². The third-order valence-electron chi connectivity index (χ3n) is 5.58. The Kier molecular flexibility index (Phi) is 6.09. The molecule has 2 aliphatic rings. The van der Waals surface area contributed by atoms with Gasteiger partial charge in [-0.3, -0.25) is 4.79 Å². The number of rotatable bonds is 5. The summed E-state index contributed by atoms with van der Waals surface area (Å²) in [4.78, 5) is 16.8. The lowest BCUT2D eigenvalue weighted by atomic mass is 9.90. The van der Waals surface area contributed by atoms with E-state index >= 15 is 0 Å². The van der Waals surface area contributed by atoms with Gasteiger partial charge in [-0.2, -0.15) is 0 Å². The molecule has 2 heterocycles. The summed E-state index contributed by atoms with van der Waals surface area (Å²) < 4.78 is 0. The molecule has 0 bridgehead atoms. The van der Waals surface area contributed by atoms with E-state index in [0.29, 0.717) is 11.8 Å². The molecule has 0 aromatic carbocycles. The van der Waals surface area contributed by atoms with E-state index in [-0.39, 0.29) is 5.92 Å². The van der Waals surface area contributed by atoms with Gasteiger partial charge in [0.25, 0.3) is 0 Å². The van der Waals surface area contributed by atoms with E-state index in [1.54, 1.807) is 11.3 Å². The lowest BCUT2D eigenvalue weighted by Crippen LogP contribution is -2.50. The van der Waals surface area contributed by atoms with Crippen LogP contribution in [0.1, 0.15) is 69.7 Å². The fourth-order valence-corrected chi connectivity index (χ4v) is 4.95. The summed E-state index contributed by atoms with van der Waals surface area (Å²) in [6.45, 7) is 7.60. The third-order valence-corrected chi connectivity index (χ3v) is 6.73. The van der Waals surface area contributed by atoms with E-state index in [2.05, 4.69) is 28.9 Å². The highest BCUT2D eigenvalue weighted by Crippen LogP contribution is 2.36. The van der Waals surface area contributed by atoms with Gasteiger partial charge in [-0.05, 0) is 25.7 Å². The van der Waals surface area contributed by atoms with E-state index in [1.807, 2.05) is 4.90 Å². The number of amides is 1. The molecular weight excluding hydrogens is 320 g/mol. The van der Waals surface area contributed by atoms with Crippen molar-refractivity contribution in [2.75, 3.05) is 31.1 Å². The van der Waals surface area contributed by atoms with Gasteiger partial charge in [0.1, 0.15) is 5.01 Å². The molecule has 0 atom stereocenters. The van der Waals surface area contributed by atoms with Gasteiger partial charge in [0, 0.05) is 38.0 Å². The summed E-state index contributed by atoms with van der Waals surface area (Å²) in [6.07, 6.45) is 8.45. The first-order valence-corrected chi connectivity index (χ1v) is 10.4. The second kappa shape index (κ2) is 8.28. The molecule has 0 unspecified atom stereocenters. The Morgan fingerprint density at radius 3 is 2.38 bits per heavy atom. The zero-order valence-electron chi connectivity index (χ0n) is 15.0. The van der Waals surface area contributed by atoms with Gasteiger partial charge in [-0.1, -0.05) is 44.4 Å². The Hall–Kier alpha value is -1.17. The predicted octanol–water partition coefficient (Wildman–Crippen LogP) is 3.67. The van der Waals surface area contributed by atoms with Crippen LogP contribution in [-0.4, -0.2) is 47.2 Å². The number of carbonyl (C=O) groups excluding carboxylic acids is 1. The van der Waals surface area contributed by atoms with Crippen molar-refractivity contribution in [3.8, 4) is 0 Å². The standard InChI is InChI=1S/C18H30N4OS/c1-3-14(4-2)17(23)21-10-12-22(13-11-21)18-20-19-16(24-18)15-8-6-5-7-9-15/h14-15H,3-13H2,1-2H3. The van der Waals surface area contributed by atoms with E-state index in [0.717, 1.165) is 44.2 Å². The topological polar surface area (TPSA) is 49.3 Å². The van der Waals surface area contributed by atoms with Crippen LogP contribution in [-0.2, 0) is 4.79 Å². The number of anilines is 1. The normalized spacial score (nSPS) is 20.0. The van der Waals surface area contributed by atoms with E-state index in [4.69, 9.17) is 0 Å². The second-order valence-electron chi connectivity index (χ2n) is 7.08. The summed E-state index contributed by atoms with van der Waals surface area (Å²) >= 11 is 1.77. The van der Waals surface area contributed by atoms with Gasteiger partial charge in [0.05, 0.1) is 0 Å². The largest absolute Gasteiger partial charge is 0.343 e. The smallest absolute Gasteiger partial charge is 0.225 e. The summed E-state index contributed by atoms with van der Waals surface area (Å²) in [6, 6.07) is 0. The van der Waals surface area contributed by atoms with Gasteiger partial charge in [0.15, 0.2) is 0 Å². The molecule has 6 heteroatoms. The van der Waals surface area contributed by atoms with Crippen molar-refractivity contribution in [1.82, 2.24) is 15.1 Å². The summed E-state index contributed by atoms with van der Waals surface area (Å²) in [7, 11) is 0. The molecule has 0 N–H and O–H groups in total. The fourth-order valence-electron chi connectivity index (χ4n) is 3.88. The third kappa shape index (κ3) is 3.90. The van der Waals surface area contributed by atoms with E-state index < -0.39 is 0 Å². The highest BCUT2D eigenvalue weighted by atomic mass is 32.1. The zero-order valence-corrected chi connectivity index (χ0v) is 15.9. The van der Waals surface area contributed by atoms with E-state index in [1.165, 1.54) is 37.1 Å². The van der Waals surface area contributed by atoms with Crippen molar-refractivity contribution >= 4 is 22.4 Å². The Morgan fingerprint density at radius 2 is 1.75 bits per heavy atom. The van der Waals surface area contributed by atoms with Gasteiger partial charge in [-0.25, -0.2) is 0 Å². The first kappa shape index (κ1) is 17.6. The number of nitrogens with zero attached hydrogens (tertiary/aromatic N) is 4. The van der Waals surface area contributed by atoms with Crippen molar-refractivity contribution in [3.63, 3.8) is 0 Å². The maximum Gasteiger partial charge on any atom is 0.225 e. The van der Waals surface area contributed by atoms with Gasteiger partial charge >= 0.3 is 0 Å². The lowest BCUT2D eigenvalue weighted by molar-refractivity contribution is -0.136. The first-order chi connectivity index (χ1) is 11.7. The summed E-state index contributed by atoms with van der Waals surface area (Å²) in [5.41, 5.74) is 0. The number of hydrogen-bond acceptors (Lipinski definition) is 5. The Bertz CT molecular complexity index is 529. The van der Waals surface area contributed by atoms with Crippen LogP contribution in [0.5, 0.6) is 0 Å². The fraction of sp³-hybridized carbons (Fsp3) is 0.833. The van der Waals surface area contributed by atoms with Crippen molar-refractivity contribution in [1.29, 1.82) is 0 Å². The average molecular weight is 351 g/mol. The zero-order chi connectivity index (χ0) is 16.9. The molecule has 1 aromatic heterocycles. The quantitative estimate of drug-likeness (QED) is 0.813. The highest BCUT2D eigenvalue weighted by Gasteiger charge is 2.27. The Labute approximate surface area is 149 Å². The van der Waals surface area contributed by atoms with Crippen LogP contribution in [0.15, 0.2) is 0 Å². The molecule has 1 saturated heterocycles. The molecule has 1 aromatic rings. The molecule has 0 spiro atoms. The van der Waals surface area contributed by atoms with Gasteiger partial charge in [-0.15, -0.1) is 10.2 Å². The minimum absolute atomic E-state index is 0.191. The number of hydrogen-bond donors (Lipinski definition) is 0. The summed E-state index contributed by atoms with van der Waals surface area (Å²) in [5.74, 6) is 1.15. The Morgan fingerprint density at radius 1 is 1.08 bits per heavy atom. The first-order valence-electron chi connectivity index (χ1n) is 9.60. The van der Waals surface area contributed by atoms with Gasteiger partial charge in [0.2, 0.25) is 11.0 Å². The summed E-state index contributed by atoms with van der Waals surface area (Å²) in [5, 5.41) is 11.2. The molecule has 1 saturated carbocycles. The SMILES string of the molecule is CCC(CC)C(=O)N1CCN(c2nnc(C3CCCCC3)s2)CC1. The minimum atomic E-state index is 0.191. The molecule has 0 radical (unpaired) electrons. The highest BCUT2D eigenvalue weighted by molar-refractivity contribution is 7.15. The molecule has 1 amide bonds. The lowest BCUT2D eigenvalue weighted by Gasteiger charge is -2.36. The molecule has 3 rings (SSSR count). The van der Waals surface area contributed by atoms with Crippen LogP contribution in [0.25, 0.3) is 0 Å².